The van der Waals surface area contributed by atoms with Crippen molar-refractivity contribution in [1.29, 1.82) is 0 Å². The van der Waals surface area contributed by atoms with Crippen LogP contribution in [-0.4, -0.2) is 29.4 Å². The SMILES string of the molecule is CCCC[NH+]1CCCC1.O=P([O-])(O)O. The van der Waals surface area contributed by atoms with E-state index >= 15 is 0 Å². The molecule has 1 fully saturated rings. The maximum Gasteiger partial charge on any atom is 0.262 e. The van der Waals surface area contributed by atoms with Gasteiger partial charge in [0.2, 0.25) is 0 Å². The summed E-state index contributed by atoms with van der Waals surface area (Å²) in [6.45, 7) is 6.59. The number of likely N-dealkylation sites (tertiary alicyclic amines) is 1. The first kappa shape index (κ1) is 14.1. The summed E-state index contributed by atoms with van der Waals surface area (Å²) in [5, 5.41) is 0. The lowest BCUT2D eigenvalue weighted by Crippen LogP contribution is -3.09. The van der Waals surface area contributed by atoms with Gasteiger partial charge in [0.25, 0.3) is 7.82 Å². The molecule has 86 valence electrons. The summed E-state index contributed by atoms with van der Waals surface area (Å²) in [6, 6.07) is 0. The van der Waals surface area contributed by atoms with Crippen molar-refractivity contribution >= 4 is 7.82 Å². The summed E-state index contributed by atoms with van der Waals surface area (Å²) in [6.07, 6.45) is 5.73. The monoisotopic (exact) mass is 225 g/mol. The van der Waals surface area contributed by atoms with Crippen molar-refractivity contribution in [2.24, 2.45) is 0 Å². The van der Waals surface area contributed by atoms with E-state index in [0.717, 1.165) is 0 Å². The molecular formula is C8H20NO4P. The predicted molar refractivity (Wildman–Crippen MR) is 51.7 cm³/mol. The molecular weight excluding hydrogens is 205 g/mol. The van der Waals surface area contributed by atoms with E-state index in [0.29, 0.717) is 0 Å². The summed E-state index contributed by atoms with van der Waals surface area (Å²) in [5.41, 5.74) is 0. The first-order chi connectivity index (χ1) is 6.43. The number of phosphoric acid groups is 1. The standard InChI is InChI=1S/C8H17N.H3O4P/c1-2-3-6-9-7-4-5-8-9;1-5(2,3)4/h2-8H2,1H3;(H3,1,2,3,4). The van der Waals surface area contributed by atoms with Crippen LogP contribution in [-0.2, 0) is 4.57 Å². The van der Waals surface area contributed by atoms with E-state index in [1.165, 1.54) is 45.3 Å². The lowest BCUT2D eigenvalue weighted by molar-refractivity contribution is -0.887. The van der Waals surface area contributed by atoms with Gasteiger partial charge in [0.05, 0.1) is 19.6 Å². The number of rotatable bonds is 3. The van der Waals surface area contributed by atoms with E-state index in [1.54, 1.807) is 0 Å². The molecule has 3 N–H and O–H groups in total. The molecule has 0 unspecified atom stereocenters. The van der Waals surface area contributed by atoms with Gasteiger partial charge in [-0.3, -0.25) is 4.57 Å². The second-order valence-corrected chi connectivity index (χ2v) is 4.53. The number of unbranched alkanes of at least 4 members (excludes halogenated alkanes) is 1. The van der Waals surface area contributed by atoms with Gasteiger partial charge in [-0.25, -0.2) is 0 Å². The molecule has 0 bridgehead atoms. The molecule has 0 atom stereocenters. The van der Waals surface area contributed by atoms with Gasteiger partial charge >= 0.3 is 0 Å². The Bertz CT molecular complexity index is 168. The number of hydrogen-bond acceptors (Lipinski definition) is 2. The van der Waals surface area contributed by atoms with Crippen LogP contribution in [0.2, 0.25) is 0 Å². The minimum atomic E-state index is -4.89. The molecule has 0 aromatic carbocycles. The highest BCUT2D eigenvalue weighted by atomic mass is 31.2. The molecule has 1 rings (SSSR count). The van der Waals surface area contributed by atoms with E-state index in [2.05, 4.69) is 6.92 Å². The fourth-order valence-corrected chi connectivity index (χ4v) is 1.55. The Morgan fingerprint density at radius 1 is 1.36 bits per heavy atom. The molecule has 1 aliphatic rings. The average Bonchev–Trinajstić information content (AvgIpc) is 2.49. The van der Waals surface area contributed by atoms with Gasteiger partial charge in [-0.2, -0.15) is 0 Å². The molecule has 1 saturated heterocycles. The lowest BCUT2D eigenvalue weighted by atomic mass is 10.3. The predicted octanol–water partition coefficient (Wildman–Crippen LogP) is -1.10. The van der Waals surface area contributed by atoms with Gasteiger partial charge in [-0.1, -0.05) is 13.3 Å². The number of nitrogens with one attached hydrogen (secondary N) is 1. The first-order valence-corrected chi connectivity index (χ1v) is 6.56. The van der Waals surface area contributed by atoms with Crippen LogP contribution in [0.15, 0.2) is 0 Å². The molecule has 0 radical (unpaired) electrons. The zero-order chi connectivity index (χ0) is 11.0. The second-order valence-electron chi connectivity index (χ2n) is 3.55. The minimum absolute atomic E-state index is 1.36. The second kappa shape index (κ2) is 7.37. The van der Waals surface area contributed by atoms with Crippen LogP contribution in [0.25, 0.3) is 0 Å². The van der Waals surface area contributed by atoms with E-state index in [-0.39, 0.29) is 0 Å². The Balaban J connectivity index is 0.000000292. The Hall–Kier alpha value is 0.0700. The van der Waals surface area contributed by atoms with Gasteiger partial charge < -0.3 is 19.6 Å². The molecule has 0 aromatic rings. The highest BCUT2D eigenvalue weighted by Gasteiger charge is 2.13. The highest BCUT2D eigenvalue weighted by molar-refractivity contribution is 7.43. The van der Waals surface area contributed by atoms with Crippen LogP contribution in [0.4, 0.5) is 0 Å². The van der Waals surface area contributed by atoms with Crippen molar-refractivity contribution in [3.05, 3.63) is 0 Å². The summed E-state index contributed by atoms with van der Waals surface area (Å²) in [4.78, 5) is 24.8. The smallest absolute Gasteiger partial charge is 0.262 e. The maximum absolute atomic E-state index is 8.77. The van der Waals surface area contributed by atoms with Crippen LogP contribution in [0.1, 0.15) is 32.6 Å². The third kappa shape index (κ3) is 12.1. The summed E-state index contributed by atoms with van der Waals surface area (Å²) < 4.78 is 8.77. The topological polar surface area (TPSA) is 85.0 Å². The summed E-state index contributed by atoms with van der Waals surface area (Å²) >= 11 is 0. The van der Waals surface area contributed by atoms with Gasteiger partial charge in [0.1, 0.15) is 0 Å². The van der Waals surface area contributed by atoms with E-state index in [4.69, 9.17) is 19.2 Å². The highest BCUT2D eigenvalue weighted by Crippen LogP contribution is 2.18. The summed E-state index contributed by atoms with van der Waals surface area (Å²) in [7, 11) is -4.89. The van der Waals surface area contributed by atoms with Crippen LogP contribution in [0.3, 0.4) is 0 Å². The molecule has 1 aliphatic heterocycles. The van der Waals surface area contributed by atoms with E-state index < -0.39 is 7.82 Å². The Morgan fingerprint density at radius 3 is 2.14 bits per heavy atom. The molecule has 0 spiro atoms. The average molecular weight is 225 g/mol. The number of quaternary nitrogens is 1. The molecule has 1 heterocycles. The third-order valence-electron chi connectivity index (χ3n) is 2.19. The fourth-order valence-electron chi connectivity index (χ4n) is 1.55. The number of hydrogen-bond donors (Lipinski definition) is 3. The van der Waals surface area contributed by atoms with Crippen molar-refractivity contribution in [2.45, 2.75) is 32.6 Å². The molecule has 6 heteroatoms. The van der Waals surface area contributed by atoms with Crippen molar-refractivity contribution in [2.75, 3.05) is 19.6 Å². The zero-order valence-electron chi connectivity index (χ0n) is 8.61. The molecule has 5 nitrogen and oxygen atoms in total. The molecule has 14 heavy (non-hydrogen) atoms. The van der Waals surface area contributed by atoms with E-state index in [1.807, 2.05) is 4.90 Å². The normalized spacial score (nSPS) is 17.7. The third-order valence-corrected chi connectivity index (χ3v) is 2.19. The zero-order valence-corrected chi connectivity index (χ0v) is 9.50. The van der Waals surface area contributed by atoms with Crippen LogP contribution in [0.5, 0.6) is 0 Å². The van der Waals surface area contributed by atoms with Gasteiger partial charge in [0.15, 0.2) is 0 Å². The van der Waals surface area contributed by atoms with Crippen LogP contribution < -0.4 is 9.79 Å². The summed E-state index contributed by atoms with van der Waals surface area (Å²) in [5.74, 6) is 0. The molecule has 0 aromatic heterocycles. The van der Waals surface area contributed by atoms with Gasteiger partial charge in [-0.15, -0.1) is 0 Å². The van der Waals surface area contributed by atoms with Gasteiger partial charge in [-0.05, 0) is 6.42 Å². The minimum Gasteiger partial charge on any atom is -0.756 e. The van der Waals surface area contributed by atoms with Crippen molar-refractivity contribution in [3.63, 3.8) is 0 Å². The van der Waals surface area contributed by atoms with Crippen LogP contribution >= 0.6 is 7.82 Å². The molecule has 0 amide bonds. The Kier molecular flexibility index (Phi) is 7.41. The fraction of sp³-hybridized carbons (Fsp3) is 1.00. The van der Waals surface area contributed by atoms with Crippen molar-refractivity contribution < 1.29 is 24.1 Å². The molecule has 0 aliphatic carbocycles. The molecule has 0 saturated carbocycles. The Labute approximate surface area is 85.0 Å². The van der Waals surface area contributed by atoms with Crippen molar-refractivity contribution in [1.82, 2.24) is 0 Å². The van der Waals surface area contributed by atoms with Gasteiger partial charge in [0, 0.05) is 12.8 Å². The first-order valence-electron chi connectivity index (χ1n) is 5.03. The largest absolute Gasteiger partial charge is 0.756 e. The maximum atomic E-state index is 8.77. The van der Waals surface area contributed by atoms with Crippen LogP contribution in [0, 0.1) is 0 Å². The lowest BCUT2D eigenvalue weighted by Gasteiger charge is -2.09. The van der Waals surface area contributed by atoms with E-state index in [9.17, 15) is 0 Å². The Morgan fingerprint density at radius 2 is 1.79 bits per heavy atom. The quantitative estimate of drug-likeness (QED) is 0.532. The van der Waals surface area contributed by atoms with Crippen molar-refractivity contribution in [3.8, 4) is 0 Å².